The minimum Gasteiger partial charge on any atom is -0.211 e. The van der Waals surface area contributed by atoms with Gasteiger partial charge in [-0.3, -0.25) is 0 Å². The van der Waals surface area contributed by atoms with Crippen LogP contribution in [0.15, 0.2) is 4.99 Å². The van der Waals surface area contributed by atoms with Gasteiger partial charge in [-0.15, -0.1) is 0 Å². The van der Waals surface area contributed by atoms with Crippen molar-refractivity contribution < 1.29 is 4.79 Å². The molecule has 0 amide bonds. The van der Waals surface area contributed by atoms with Crippen molar-refractivity contribution in [2.24, 2.45) is 10.9 Å². The van der Waals surface area contributed by atoms with Gasteiger partial charge in [0.25, 0.3) is 0 Å². The summed E-state index contributed by atoms with van der Waals surface area (Å²) in [6.45, 7) is 8.21. The Morgan fingerprint density at radius 2 is 1.82 bits per heavy atom. The lowest BCUT2D eigenvalue weighted by atomic mass is 9.84. The van der Waals surface area contributed by atoms with Crippen molar-refractivity contribution in [3.8, 4) is 0 Å². The average molecular weight is 155 g/mol. The van der Waals surface area contributed by atoms with Gasteiger partial charge in [-0.25, -0.2) is 4.79 Å². The molecule has 0 aliphatic heterocycles. The Bertz CT molecular complexity index is 153. The predicted octanol–water partition coefficient (Wildman–Crippen LogP) is 2.54. The molecule has 0 N–H and O–H groups in total. The molecule has 0 heterocycles. The Balaban J connectivity index is 4.35. The van der Waals surface area contributed by atoms with Gasteiger partial charge in [0, 0.05) is 0 Å². The highest BCUT2D eigenvalue weighted by molar-refractivity contribution is 5.34. The first kappa shape index (κ1) is 10.4. The molecule has 0 aliphatic rings. The quantitative estimate of drug-likeness (QED) is 0.453. The van der Waals surface area contributed by atoms with Gasteiger partial charge < -0.3 is 0 Å². The normalized spacial score (nSPS) is 11.4. The van der Waals surface area contributed by atoms with Gasteiger partial charge in [0.2, 0.25) is 6.08 Å². The van der Waals surface area contributed by atoms with Gasteiger partial charge in [0.05, 0.1) is 5.54 Å². The Labute approximate surface area is 68.7 Å². The third-order valence-electron chi connectivity index (χ3n) is 2.32. The van der Waals surface area contributed by atoms with E-state index < -0.39 is 0 Å². The van der Waals surface area contributed by atoms with Gasteiger partial charge in [-0.1, -0.05) is 26.7 Å². The lowest BCUT2D eigenvalue weighted by Gasteiger charge is -2.26. The van der Waals surface area contributed by atoms with Crippen LogP contribution in [0.5, 0.6) is 0 Å². The lowest BCUT2D eigenvalue weighted by molar-refractivity contribution is 0.304. The topological polar surface area (TPSA) is 29.4 Å². The molecule has 0 spiro atoms. The molecule has 64 valence electrons. The summed E-state index contributed by atoms with van der Waals surface area (Å²) in [6.07, 6.45) is 3.76. The van der Waals surface area contributed by atoms with E-state index in [0.717, 1.165) is 12.8 Å². The smallest absolute Gasteiger partial charge is 0.211 e. The molecule has 11 heavy (non-hydrogen) atoms. The lowest BCUT2D eigenvalue weighted by Crippen LogP contribution is -2.27. The van der Waals surface area contributed by atoms with Gasteiger partial charge in [0.15, 0.2) is 0 Å². The second kappa shape index (κ2) is 4.30. The third-order valence-corrected chi connectivity index (χ3v) is 2.32. The van der Waals surface area contributed by atoms with E-state index in [2.05, 4.69) is 18.8 Å². The summed E-state index contributed by atoms with van der Waals surface area (Å²) in [4.78, 5) is 13.9. The van der Waals surface area contributed by atoms with Crippen LogP contribution < -0.4 is 0 Å². The first-order valence-corrected chi connectivity index (χ1v) is 4.17. The minimum absolute atomic E-state index is 0.231. The standard InChI is InChI=1S/C9H17NO/c1-5-8(6-2)9(3,4)10-7-11/h8H,5-6H2,1-4H3. The molecule has 0 aromatic heterocycles. The molecule has 0 saturated carbocycles. The second-order valence-corrected chi connectivity index (χ2v) is 3.37. The zero-order valence-electron chi connectivity index (χ0n) is 7.85. The third kappa shape index (κ3) is 2.85. The summed E-state index contributed by atoms with van der Waals surface area (Å²) in [7, 11) is 0. The summed E-state index contributed by atoms with van der Waals surface area (Å²) in [6, 6.07) is 0. The SMILES string of the molecule is CCC(CC)C(C)(C)N=C=O. The molecular formula is C9H17NO. The molecular weight excluding hydrogens is 138 g/mol. The summed E-state index contributed by atoms with van der Waals surface area (Å²) in [5.74, 6) is 0.490. The summed E-state index contributed by atoms with van der Waals surface area (Å²) < 4.78 is 0. The van der Waals surface area contributed by atoms with Crippen LogP contribution in [0.25, 0.3) is 0 Å². The number of isocyanates is 1. The molecule has 0 aliphatic carbocycles. The van der Waals surface area contributed by atoms with Crippen LogP contribution in [-0.4, -0.2) is 11.6 Å². The number of aliphatic imine (C=N–C) groups is 1. The molecule has 2 nitrogen and oxygen atoms in total. The van der Waals surface area contributed by atoms with E-state index in [1.54, 1.807) is 6.08 Å². The molecule has 0 fully saturated rings. The van der Waals surface area contributed by atoms with Crippen LogP contribution in [0.1, 0.15) is 40.5 Å². The van der Waals surface area contributed by atoms with E-state index in [1.165, 1.54) is 0 Å². The van der Waals surface area contributed by atoms with Crippen molar-refractivity contribution in [1.82, 2.24) is 0 Å². The molecule has 0 unspecified atom stereocenters. The van der Waals surface area contributed by atoms with Crippen LogP contribution in [0.3, 0.4) is 0 Å². The van der Waals surface area contributed by atoms with Crippen molar-refractivity contribution in [2.45, 2.75) is 46.1 Å². The summed E-state index contributed by atoms with van der Waals surface area (Å²) >= 11 is 0. The molecule has 0 atom stereocenters. The maximum absolute atomic E-state index is 10.1. The fourth-order valence-electron chi connectivity index (χ4n) is 1.50. The van der Waals surface area contributed by atoms with Gasteiger partial charge in [0.1, 0.15) is 0 Å². The first-order chi connectivity index (χ1) is 5.08. The van der Waals surface area contributed by atoms with Crippen LogP contribution in [-0.2, 0) is 4.79 Å². The maximum atomic E-state index is 10.1. The minimum atomic E-state index is -0.231. The van der Waals surface area contributed by atoms with Crippen LogP contribution in [0, 0.1) is 5.92 Å². The second-order valence-electron chi connectivity index (χ2n) is 3.37. The Morgan fingerprint density at radius 1 is 1.36 bits per heavy atom. The Kier molecular flexibility index (Phi) is 4.06. The van der Waals surface area contributed by atoms with E-state index in [4.69, 9.17) is 0 Å². The number of nitrogens with zero attached hydrogens (tertiary/aromatic N) is 1. The van der Waals surface area contributed by atoms with Crippen molar-refractivity contribution in [2.75, 3.05) is 0 Å². The molecule has 0 aromatic carbocycles. The number of hydrogen-bond donors (Lipinski definition) is 0. The molecule has 0 radical (unpaired) electrons. The predicted molar refractivity (Wildman–Crippen MR) is 46.3 cm³/mol. The van der Waals surface area contributed by atoms with Crippen molar-refractivity contribution >= 4 is 6.08 Å². The highest BCUT2D eigenvalue weighted by atomic mass is 16.1. The maximum Gasteiger partial charge on any atom is 0.235 e. The zero-order valence-corrected chi connectivity index (χ0v) is 7.85. The van der Waals surface area contributed by atoms with Crippen molar-refractivity contribution in [3.05, 3.63) is 0 Å². The molecule has 0 rings (SSSR count). The van der Waals surface area contributed by atoms with Gasteiger partial charge in [-0.2, -0.15) is 4.99 Å². The van der Waals surface area contributed by atoms with E-state index >= 15 is 0 Å². The van der Waals surface area contributed by atoms with E-state index in [9.17, 15) is 4.79 Å². The molecule has 0 saturated heterocycles. The largest absolute Gasteiger partial charge is 0.235 e. The summed E-state index contributed by atoms with van der Waals surface area (Å²) in [5, 5.41) is 0. The van der Waals surface area contributed by atoms with E-state index in [1.807, 2.05) is 13.8 Å². The number of hydrogen-bond acceptors (Lipinski definition) is 2. The first-order valence-electron chi connectivity index (χ1n) is 4.17. The Hall–Kier alpha value is -0.620. The summed E-state index contributed by atoms with van der Waals surface area (Å²) in [5.41, 5.74) is -0.231. The monoisotopic (exact) mass is 155 g/mol. The van der Waals surface area contributed by atoms with Crippen LogP contribution in [0.2, 0.25) is 0 Å². The molecule has 0 bridgehead atoms. The van der Waals surface area contributed by atoms with Crippen LogP contribution >= 0.6 is 0 Å². The van der Waals surface area contributed by atoms with Crippen molar-refractivity contribution in [3.63, 3.8) is 0 Å². The highest BCUT2D eigenvalue weighted by Gasteiger charge is 2.25. The fraction of sp³-hybridized carbons (Fsp3) is 0.889. The highest BCUT2D eigenvalue weighted by Crippen LogP contribution is 2.26. The zero-order chi connectivity index (χ0) is 8.91. The van der Waals surface area contributed by atoms with Gasteiger partial charge in [-0.05, 0) is 19.8 Å². The number of rotatable bonds is 4. The van der Waals surface area contributed by atoms with E-state index in [-0.39, 0.29) is 5.54 Å². The molecule has 0 aromatic rings. The molecule has 2 heteroatoms. The Morgan fingerprint density at radius 3 is 2.09 bits per heavy atom. The average Bonchev–Trinajstić information content (AvgIpc) is 1.89. The van der Waals surface area contributed by atoms with Crippen LogP contribution in [0.4, 0.5) is 0 Å². The fourth-order valence-corrected chi connectivity index (χ4v) is 1.50. The van der Waals surface area contributed by atoms with E-state index in [0.29, 0.717) is 5.92 Å². The number of carbonyl (C=O) groups excluding carboxylic acids is 1. The van der Waals surface area contributed by atoms with Gasteiger partial charge >= 0.3 is 0 Å². The van der Waals surface area contributed by atoms with Crippen molar-refractivity contribution in [1.29, 1.82) is 0 Å².